The van der Waals surface area contributed by atoms with E-state index in [4.69, 9.17) is 16.6 Å². The summed E-state index contributed by atoms with van der Waals surface area (Å²) in [6.07, 6.45) is 7.90. The zero-order valence-electron chi connectivity index (χ0n) is 9.76. The van der Waals surface area contributed by atoms with Crippen LogP contribution in [0.5, 0.6) is 0 Å². The molecule has 0 radical (unpaired) electrons. The van der Waals surface area contributed by atoms with Crippen LogP contribution in [-0.4, -0.2) is 0 Å². The second-order valence-corrected chi connectivity index (χ2v) is 3.96. The number of nitrogens with two attached hydrogens (primary N) is 1. The van der Waals surface area contributed by atoms with Crippen molar-refractivity contribution in [3.8, 4) is 12.3 Å². The van der Waals surface area contributed by atoms with E-state index in [2.05, 4.69) is 12.8 Å². The van der Waals surface area contributed by atoms with E-state index in [-0.39, 0.29) is 6.04 Å². The van der Waals surface area contributed by atoms with Crippen molar-refractivity contribution >= 4 is 0 Å². The number of terminal acetylenes is 1. The van der Waals surface area contributed by atoms with E-state index >= 15 is 0 Å². The molecule has 0 bridgehead atoms. The standard InChI is InChI=1S/C13H19NO/c1-5-6-7-8-12(14)13-9(2)10(3)15-11(13)4/h1,12H,6-8,14H2,2-4H3. The highest BCUT2D eigenvalue weighted by Gasteiger charge is 2.17. The summed E-state index contributed by atoms with van der Waals surface area (Å²) in [5.41, 5.74) is 8.46. The summed E-state index contributed by atoms with van der Waals surface area (Å²) in [4.78, 5) is 0. The van der Waals surface area contributed by atoms with Gasteiger partial charge in [0.05, 0.1) is 0 Å². The van der Waals surface area contributed by atoms with E-state index in [0.717, 1.165) is 36.3 Å². The maximum absolute atomic E-state index is 6.12. The molecule has 1 rings (SSSR count). The van der Waals surface area contributed by atoms with Crippen LogP contribution in [0.3, 0.4) is 0 Å². The minimum absolute atomic E-state index is 0.0517. The predicted molar refractivity (Wildman–Crippen MR) is 62.5 cm³/mol. The van der Waals surface area contributed by atoms with Gasteiger partial charge < -0.3 is 10.2 Å². The van der Waals surface area contributed by atoms with Gasteiger partial charge in [0.1, 0.15) is 11.5 Å². The van der Waals surface area contributed by atoms with Crippen LogP contribution in [-0.2, 0) is 0 Å². The molecule has 0 spiro atoms. The fourth-order valence-corrected chi connectivity index (χ4v) is 1.92. The molecule has 15 heavy (non-hydrogen) atoms. The van der Waals surface area contributed by atoms with Crippen LogP contribution in [0.2, 0.25) is 0 Å². The molecule has 0 saturated heterocycles. The zero-order chi connectivity index (χ0) is 11.4. The van der Waals surface area contributed by atoms with Gasteiger partial charge >= 0.3 is 0 Å². The highest BCUT2D eigenvalue weighted by Crippen LogP contribution is 2.28. The monoisotopic (exact) mass is 205 g/mol. The van der Waals surface area contributed by atoms with Crippen LogP contribution >= 0.6 is 0 Å². The van der Waals surface area contributed by atoms with Crippen molar-refractivity contribution in [1.82, 2.24) is 0 Å². The molecule has 0 aromatic carbocycles. The molecule has 0 aliphatic rings. The van der Waals surface area contributed by atoms with Crippen molar-refractivity contribution < 1.29 is 4.42 Å². The molecule has 1 atom stereocenters. The number of furan rings is 1. The second-order valence-electron chi connectivity index (χ2n) is 3.96. The molecular formula is C13H19NO. The summed E-state index contributed by atoms with van der Waals surface area (Å²) >= 11 is 0. The molecule has 1 aromatic heterocycles. The number of hydrogen-bond acceptors (Lipinski definition) is 2. The first-order valence-electron chi connectivity index (χ1n) is 5.33. The largest absolute Gasteiger partial charge is 0.466 e. The van der Waals surface area contributed by atoms with Gasteiger partial charge in [-0.2, -0.15) is 0 Å². The third-order valence-electron chi connectivity index (χ3n) is 2.82. The Kier molecular flexibility index (Phi) is 3.99. The first-order valence-corrected chi connectivity index (χ1v) is 5.33. The van der Waals surface area contributed by atoms with E-state index in [1.807, 2.05) is 13.8 Å². The normalized spacial score (nSPS) is 12.5. The molecule has 0 amide bonds. The molecule has 2 N–H and O–H groups in total. The Morgan fingerprint density at radius 2 is 2.00 bits per heavy atom. The third kappa shape index (κ3) is 2.64. The van der Waals surface area contributed by atoms with Crippen molar-refractivity contribution in [3.63, 3.8) is 0 Å². The number of unbranched alkanes of at least 4 members (excludes halogenated alkanes) is 1. The zero-order valence-corrected chi connectivity index (χ0v) is 9.76. The van der Waals surface area contributed by atoms with E-state index in [1.54, 1.807) is 0 Å². The summed E-state index contributed by atoms with van der Waals surface area (Å²) in [7, 11) is 0. The summed E-state index contributed by atoms with van der Waals surface area (Å²) < 4.78 is 5.55. The quantitative estimate of drug-likeness (QED) is 0.606. The molecule has 0 aliphatic carbocycles. The molecule has 0 fully saturated rings. The van der Waals surface area contributed by atoms with Crippen LogP contribution < -0.4 is 5.73 Å². The van der Waals surface area contributed by atoms with Crippen LogP contribution in [0.15, 0.2) is 4.42 Å². The lowest BCUT2D eigenvalue weighted by atomic mass is 9.98. The average molecular weight is 205 g/mol. The molecule has 82 valence electrons. The number of rotatable bonds is 4. The van der Waals surface area contributed by atoms with Gasteiger partial charge in [-0.15, -0.1) is 12.3 Å². The lowest BCUT2D eigenvalue weighted by Crippen LogP contribution is -2.11. The van der Waals surface area contributed by atoms with Crippen molar-refractivity contribution in [1.29, 1.82) is 0 Å². The Bertz CT molecular complexity index is 371. The summed E-state index contributed by atoms with van der Waals surface area (Å²) in [6, 6.07) is 0.0517. The van der Waals surface area contributed by atoms with Gasteiger partial charge in [-0.05, 0) is 39.2 Å². The Morgan fingerprint density at radius 1 is 1.33 bits per heavy atom. The van der Waals surface area contributed by atoms with E-state index in [0.29, 0.717) is 0 Å². The molecule has 0 aliphatic heterocycles. The molecule has 1 heterocycles. The SMILES string of the molecule is C#CCCCC(N)c1c(C)oc(C)c1C. The van der Waals surface area contributed by atoms with E-state index < -0.39 is 0 Å². The van der Waals surface area contributed by atoms with Gasteiger partial charge in [0.15, 0.2) is 0 Å². The summed E-state index contributed by atoms with van der Waals surface area (Å²) in [5, 5.41) is 0. The lowest BCUT2D eigenvalue weighted by molar-refractivity contribution is 0.493. The fourth-order valence-electron chi connectivity index (χ4n) is 1.92. The van der Waals surface area contributed by atoms with Crippen molar-refractivity contribution in [2.24, 2.45) is 5.73 Å². The Morgan fingerprint density at radius 3 is 2.47 bits per heavy atom. The Labute approximate surface area is 91.8 Å². The molecule has 1 unspecified atom stereocenters. The average Bonchev–Trinajstić information content (AvgIpc) is 2.41. The Balaban J connectivity index is 2.73. The van der Waals surface area contributed by atoms with Crippen molar-refractivity contribution in [2.45, 2.75) is 46.1 Å². The lowest BCUT2D eigenvalue weighted by Gasteiger charge is -2.11. The van der Waals surface area contributed by atoms with Crippen molar-refractivity contribution in [2.75, 3.05) is 0 Å². The summed E-state index contributed by atoms with van der Waals surface area (Å²) in [5.74, 6) is 4.54. The van der Waals surface area contributed by atoms with E-state index in [9.17, 15) is 0 Å². The van der Waals surface area contributed by atoms with Gasteiger partial charge in [0, 0.05) is 18.0 Å². The smallest absolute Gasteiger partial charge is 0.106 e. The van der Waals surface area contributed by atoms with E-state index in [1.165, 1.54) is 5.56 Å². The molecule has 1 aromatic rings. The molecule has 2 heteroatoms. The van der Waals surface area contributed by atoms with Crippen LogP contribution in [0.4, 0.5) is 0 Å². The molecular weight excluding hydrogens is 186 g/mol. The molecule has 2 nitrogen and oxygen atoms in total. The predicted octanol–water partition coefficient (Wildman–Crippen LogP) is 3.01. The highest BCUT2D eigenvalue weighted by molar-refractivity contribution is 5.33. The summed E-state index contributed by atoms with van der Waals surface area (Å²) in [6.45, 7) is 6.00. The first-order chi connectivity index (χ1) is 7.07. The maximum atomic E-state index is 6.12. The third-order valence-corrected chi connectivity index (χ3v) is 2.82. The van der Waals surface area contributed by atoms with Gasteiger partial charge in [0.2, 0.25) is 0 Å². The van der Waals surface area contributed by atoms with Crippen LogP contribution in [0, 0.1) is 33.1 Å². The van der Waals surface area contributed by atoms with Gasteiger partial charge in [-0.1, -0.05) is 0 Å². The van der Waals surface area contributed by atoms with Gasteiger partial charge in [-0.25, -0.2) is 0 Å². The second kappa shape index (κ2) is 5.04. The topological polar surface area (TPSA) is 39.2 Å². The Hall–Kier alpha value is -1.20. The minimum Gasteiger partial charge on any atom is -0.466 e. The maximum Gasteiger partial charge on any atom is 0.106 e. The highest BCUT2D eigenvalue weighted by atomic mass is 16.3. The number of aryl methyl sites for hydroxylation is 2. The van der Waals surface area contributed by atoms with Gasteiger partial charge in [0.25, 0.3) is 0 Å². The van der Waals surface area contributed by atoms with Crippen LogP contribution in [0.1, 0.15) is 48.0 Å². The van der Waals surface area contributed by atoms with Crippen LogP contribution in [0.25, 0.3) is 0 Å². The van der Waals surface area contributed by atoms with Gasteiger partial charge in [-0.3, -0.25) is 0 Å². The van der Waals surface area contributed by atoms with Crippen molar-refractivity contribution in [3.05, 3.63) is 22.6 Å². The fraction of sp³-hybridized carbons (Fsp3) is 0.538. The molecule has 0 saturated carbocycles. The minimum atomic E-state index is 0.0517. The first kappa shape index (κ1) is 11.9. The number of hydrogen-bond donors (Lipinski definition) is 1.